The highest BCUT2D eigenvalue weighted by Crippen LogP contribution is 2.15. The van der Waals surface area contributed by atoms with E-state index in [0.29, 0.717) is 6.61 Å². The van der Waals surface area contributed by atoms with Gasteiger partial charge in [-0.3, -0.25) is 4.98 Å². The van der Waals surface area contributed by atoms with E-state index in [-0.39, 0.29) is 0 Å². The Kier molecular flexibility index (Phi) is 4.89. The second kappa shape index (κ2) is 7.09. The smallest absolute Gasteiger partial charge is 0.328 e. The first-order valence-corrected chi connectivity index (χ1v) is 6.27. The number of carbonyl (C=O) groups is 1. The lowest BCUT2D eigenvalue weighted by Crippen LogP contribution is -2.01. The molecule has 1 N–H and O–H groups in total. The fourth-order valence-electron chi connectivity index (χ4n) is 1.71. The highest BCUT2D eigenvalue weighted by atomic mass is 16.5. The molecule has 0 amide bonds. The van der Waals surface area contributed by atoms with Gasteiger partial charge in [-0.1, -0.05) is 12.1 Å². The van der Waals surface area contributed by atoms with Crippen molar-refractivity contribution in [3.63, 3.8) is 0 Å². The van der Waals surface area contributed by atoms with Crippen LogP contribution in [0.4, 0.5) is 0 Å². The zero-order valence-electron chi connectivity index (χ0n) is 10.9. The van der Waals surface area contributed by atoms with Gasteiger partial charge in [-0.15, -0.1) is 0 Å². The Balaban J connectivity index is 1.90. The highest BCUT2D eigenvalue weighted by Gasteiger charge is 1.97. The van der Waals surface area contributed by atoms with E-state index >= 15 is 0 Å². The van der Waals surface area contributed by atoms with Crippen molar-refractivity contribution in [1.82, 2.24) is 4.98 Å². The van der Waals surface area contributed by atoms with Gasteiger partial charge in [0.15, 0.2) is 0 Å². The van der Waals surface area contributed by atoms with E-state index < -0.39 is 5.97 Å². The molecule has 0 aliphatic carbocycles. The zero-order valence-corrected chi connectivity index (χ0v) is 10.9. The van der Waals surface area contributed by atoms with Crippen LogP contribution in [0.1, 0.15) is 11.1 Å². The number of benzene rings is 1. The predicted octanol–water partition coefficient (Wildman–Crippen LogP) is 2.80. The van der Waals surface area contributed by atoms with Gasteiger partial charge in [0.05, 0.1) is 6.61 Å². The molecule has 0 radical (unpaired) electrons. The summed E-state index contributed by atoms with van der Waals surface area (Å²) in [5.74, 6) is -0.236. The summed E-state index contributed by atoms with van der Waals surface area (Å²) in [6, 6.07) is 11.2. The number of nitrogens with zero attached hydrogens (tertiary/aromatic N) is 1. The molecule has 1 aromatic heterocycles. The van der Waals surface area contributed by atoms with Crippen molar-refractivity contribution in [2.45, 2.75) is 6.42 Å². The molecule has 0 saturated heterocycles. The predicted molar refractivity (Wildman–Crippen MR) is 76.5 cm³/mol. The molecule has 0 bridgehead atoms. The molecule has 20 heavy (non-hydrogen) atoms. The van der Waals surface area contributed by atoms with Crippen molar-refractivity contribution in [3.05, 3.63) is 66.0 Å². The topological polar surface area (TPSA) is 59.4 Å². The lowest BCUT2D eigenvalue weighted by molar-refractivity contribution is -0.131. The molecule has 0 aliphatic heterocycles. The van der Waals surface area contributed by atoms with E-state index in [0.717, 1.165) is 23.8 Å². The SMILES string of the molecule is O=C(O)/C=C/c1cccc(OCCc2ccncc2)c1. The summed E-state index contributed by atoms with van der Waals surface area (Å²) < 4.78 is 5.66. The van der Waals surface area contributed by atoms with Crippen LogP contribution >= 0.6 is 0 Å². The van der Waals surface area contributed by atoms with Crippen molar-refractivity contribution < 1.29 is 14.6 Å². The third kappa shape index (κ3) is 4.57. The first-order chi connectivity index (χ1) is 9.74. The second-order valence-corrected chi connectivity index (χ2v) is 4.20. The molecular formula is C16H15NO3. The lowest BCUT2D eigenvalue weighted by Gasteiger charge is -2.06. The third-order valence-corrected chi connectivity index (χ3v) is 2.69. The Labute approximate surface area is 117 Å². The molecule has 2 rings (SSSR count). The molecule has 1 heterocycles. The minimum Gasteiger partial charge on any atom is -0.493 e. The Morgan fingerprint density at radius 3 is 2.80 bits per heavy atom. The van der Waals surface area contributed by atoms with E-state index in [1.54, 1.807) is 12.4 Å². The average Bonchev–Trinajstić information content (AvgIpc) is 2.47. The molecule has 2 aromatic rings. The molecule has 4 nitrogen and oxygen atoms in total. The first kappa shape index (κ1) is 13.8. The molecule has 1 aromatic carbocycles. The van der Waals surface area contributed by atoms with Crippen LogP contribution in [0.25, 0.3) is 6.08 Å². The normalized spacial score (nSPS) is 10.6. The average molecular weight is 269 g/mol. The van der Waals surface area contributed by atoms with Gasteiger partial charge in [0.2, 0.25) is 0 Å². The van der Waals surface area contributed by atoms with E-state index in [1.165, 1.54) is 11.6 Å². The van der Waals surface area contributed by atoms with Gasteiger partial charge in [-0.25, -0.2) is 4.79 Å². The van der Waals surface area contributed by atoms with Crippen molar-refractivity contribution in [2.75, 3.05) is 6.61 Å². The van der Waals surface area contributed by atoms with Crippen LogP contribution in [0.3, 0.4) is 0 Å². The molecule has 0 spiro atoms. The van der Waals surface area contributed by atoms with Crippen LogP contribution in [-0.4, -0.2) is 22.7 Å². The maximum Gasteiger partial charge on any atom is 0.328 e. The maximum atomic E-state index is 10.5. The van der Waals surface area contributed by atoms with Crippen LogP contribution in [0.2, 0.25) is 0 Å². The Morgan fingerprint density at radius 1 is 1.25 bits per heavy atom. The van der Waals surface area contributed by atoms with Gasteiger partial charge in [-0.2, -0.15) is 0 Å². The number of carboxylic acid groups (broad SMARTS) is 1. The van der Waals surface area contributed by atoms with Crippen LogP contribution in [0.15, 0.2) is 54.9 Å². The number of hydrogen-bond acceptors (Lipinski definition) is 3. The van der Waals surface area contributed by atoms with E-state index in [4.69, 9.17) is 9.84 Å². The van der Waals surface area contributed by atoms with E-state index in [2.05, 4.69) is 4.98 Å². The van der Waals surface area contributed by atoms with E-state index in [1.807, 2.05) is 36.4 Å². The Hall–Kier alpha value is -2.62. The first-order valence-electron chi connectivity index (χ1n) is 6.27. The quantitative estimate of drug-likeness (QED) is 0.819. The fraction of sp³-hybridized carbons (Fsp3) is 0.125. The van der Waals surface area contributed by atoms with E-state index in [9.17, 15) is 4.79 Å². The number of hydrogen-bond donors (Lipinski definition) is 1. The number of aromatic nitrogens is 1. The van der Waals surface area contributed by atoms with Gasteiger partial charge in [0, 0.05) is 24.9 Å². The van der Waals surface area contributed by atoms with Crippen LogP contribution < -0.4 is 4.74 Å². The molecule has 0 fully saturated rings. The fourth-order valence-corrected chi connectivity index (χ4v) is 1.71. The van der Waals surface area contributed by atoms with Crippen molar-refractivity contribution in [2.24, 2.45) is 0 Å². The van der Waals surface area contributed by atoms with Gasteiger partial charge < -0.3 is 9.84 Å². The van der Waals surface area contributed by atoms with Crippen LogP contribution in [0.5, 0.6) is 5.75 Å². The monoisotopic (exact) mass is 269 g/mol. The Morgan fingerprint density at radius 2 is 2.05 bits per heavy atom. The summed E-state index contributed by atoms with van der Waals surface area (Å²) >= 11 is 0. The molecule has 0 unspecified atom stereocenters. The van der Waals surface area contributed by atoms with Gasteiger partial charge in [0.25, 0.3) is 0 Å². The second-order valence-electron chi connectivity index (χ2n) is 4.20. The summed E-state index contributed by atoms with van der Waals surface area (Å²) in [5.41, 5.74) is 1.97. The number of rotatable bonds is 6. The lowest BCUT2D eigenvalue weighted by atomic mass is 10.2. The molecule has 0 saturated carbocycles. The molecular weight excluding hydrogens is 254 g/mol. The minimum atomic E-state index is -0.964. The molecule has 0 atom stereocenters. The number of ether oxygens (including phenoxy) is 1. The van der Waals surface area contributed by atoms with Gasteiger partial charge in [-0.05, 0) is 41.5 Å². The van der Waals surface area contributed by atoms with Crippen molar-refractivity contribution >= 4 is 12.0 Å². The van der Waals surface area contributed by atoms with Crippen LogP contribution in [-0.2, 0) is 11.2 Å². The summed E-state index contributed by atoms with van der Waals surface area (Å²) in [4.78, 5) is 14.4. The van der Waals surface area contributed by atoms with Gasteiger partial charge >= 0.3 is 5.97 Å². The number of carboxylic acids is 1. The summed E-state index contributed by atoms with van der Waals surface area (Å²) in [6.07, 6.45) is 6.96. The summed E-state index contributed by atoms with van der Waals surface area (Å²) in [5, 5.41) is 8.59. The summed E-state index contributed by atoms with van der Waals surface area (Å²) in [7, 11) is 0. The molecule has 102 valence electrons. The highest BCUT2D eigenvalue weighted by molar-refractivity contribution is 5.85. The largest absolute Gasteiger partial charge is 0.493 e. The van der Waals surface area contributed by atoms with Crippen molar-refractivity contribution in [1.29, 1.82) is 0 Å². The number of aliphatic carboxylic acids is 1. The Bertz CT molecular complexity index is 594. The number of pyridine rings is 1. The minimum absolute atomic E-state index is 0.566. The molecule has 0 aliphatic rings. The van der Waals surface area contributed by atoms with Gasteiger partial charge in [0.1, 0.15) is 5.75 Å². The maximum absolute atomic E-state index is 10.5. The zero-order chi connectivity index (χ0) is 14.2. The third-order valence-electron chi connectivity index (χ3n) is 2.69. The van der Waals surface area contributed by atoms with Crippen molar-refractivity contribution in [3.8, 4) is 5.75 Å². The molecule has 4 heteroatoms. The standard InChI is InChI=1S/C16H15NO3/c18-16(19)5-4-14-2-1-3-15(12-14)20-11-8-13-6-9-17-10-7-13/h1-7,9-10,12H,8,11H2,(H,18,19)/b5-4+. The summed E-state index contributed by atoms with van der Waals surface area (Å²) in [6.45, 7) is 0.566. The van der Waals surface area contributed by atoms with Crippen LogP contribution in [0, 0.1) is 0 Å².